The smallest absolute Gasteiger partial charge is 0.415 e. The van der Waals surface area contributed by atoms with E-state index in [-0.39, 0.29) is 18.8 Å². The number of benzene rings is 3. The Labute approximate surface area is 266 Å². The second-order valence-corrected chi connectivity index (χ2v) is 13.8. The molecule has 0 aromatic heterocycles. The van der Waals surface area contributed by atoms with Gasteiger partial charge in [-0.25, -0.2) is 13.2 Å². The molecular formula is C34H45N3O7S. The molecule has 4 rings (SSSR count). The number of para-hydroxylation sites is 1. The van der Waals surface area contributed by atoms with Gasteiger partial charge in [0.15, 0.2) is 0 Å². The Kier molecular flexibility index (Phi) is 10.7. The minimum absolute atomic E-state index is 0.189. The predicted octanol–water partition coefficient (Wildman–Crippen LogP) is 6.11. The zero-order valence-electron chi connectivity index (χ0n) is 26.9. The van der Waals surface area contributed by atoms with Crippen molar-refractivity contribution in [2.24, 2.45) is 0 Å². The molecule has 0 saturated heterocycles. The summed E-state index contributed by atoms with van der Waals surface area (Å²) in [5, 5.41) is 14.5. The molecule has 3 aromatic rings. The maximum absolute atomic E-state index is 13.3. The summed E-state index contributed by atoms with van der Waals surface area (Å²) in [5.41, 5.74) is 2.18. The Morgan fingerprint density at radius 3 is 2.38 bits per heavy atom. The molecular weight excluding hydrogens is 594 g/mol. The van der Waals surface area contributed by atoms with Gasteiger partial charge in [-0.05, 0) is 62.4 Å². The number of cyclic esters (lactones) is 1. The lowest BCUT2D eigenvalue weighted by Crippen LogP contribution is -2.49. The van der Waals surface area contributed by atoms with Crippen molar-refractivity contribution in [2.75, 3.05) is 36.1 Å². The first kappa shape index (κ1) is 34.1. The number of hydrogen-bond acceptors (Lipinski definition) is 8. The number of ether oxygens (including phenoxy) is 3. The Hall–Kier alpha value is -3.80. The summed E-state index contributed by atoms with van der Waals surface area (Å²) in [7, 11) is -2.00. The van der Waals surface area contributed by atoms with Crippen molar-refractivity contribution in [3.05, 3.63) is 83.4 Å². The molecule has 0 spiro atoms. The van der Waals surface area contributed by atoms with Crippen molar-refractivity contribution in [3.8, 4) is 11.5 Å². The summed E-state index contributed by atoms with van der Waals surface area (Å²) in [6, 6.07) is 20.3. The van der Waals surface area contributed by atoms with E-state index in [4.69, 9.17) is 14.2 Å². The third kappa shape index (κ3) is 8.27. The molecule has 0 saturated carbocycles. The standard InChI is InChI=1S/C34H45N3O7S/c1-7-34(8-2)26-15-12-16-30(42-5)31(26)37(32(39)44-34)20-19-33(3,4)35-22-28(38)25-17-18-29(27(21-25)36-45(6,40)41)43-23-24-13-10-9-11-14-24/h9-18,21,28,35-36,38H,7-8,19-20,22-23H2,1-6H3. The van der Waals surface area contributed by atoms with E-state index in [1.165, 1.54) is 0 Å². The Bertz CT molecular complexity index is 1570. The van der Waals surface area contributed by atoms with Gasteiger partial charge in [0.05, 0.1) is 30.8 Å². The Balaban J connectivity index is 1.45. The summed E-state index contributed by atoms with van der Waals surface area (Å²) in [5.74, 6) is 0.971. The third-order valence-corrected chi connectivity index (χ3v) is 8.87. The molecule has 1 atom stereocenters. The highest BCUT2D eigenvalue weighted by molar-refractivity contribution is 7.92. The molecule has 244 valence electrons. The van der Waals surface area contributed by atoms with Gasteiger partial charge in [0, 0.05) is 24.2 Å². The molecule has 1 heterocycles. The number of nitrogens with one attached hydrogen (secondary N) is 2. The van der Waals surface area contributed by atoms with Crippen LogP contribution in [-0.2, 0) is 27.0 Å². The van der Waals surface area contributed by atoms with Gasteiger partial charge in [0.25, 0.3) is 0 Å². The molecule has 0 aliphatic carbocycles. The Morgan fingerprint density at radius 1 is 1.02 bits per heavy atom. The van der Waals surface area contributed by atoms with Gasteiger partial charge in [-0.15, -0.1) is 0 Å². The number of anilines is 2. The molecule has 45 heavy (non-hydrogen) atoms. The molecule has 0 radical (unpaired) electrons. The van der Waals surface area contributed by atoms with E-state index in [2.05, 4.69) is 10.0 Å². The van der Waals surface area contributed by atoms with Gasteiger partial charge >= 0.3 is 6.09 Å². The molecule has 11 heteroatoms. The van der Waals surface area contributed by atoms with E-state index in [1.54, 1.807) is 30.2 Å². The van der Waals surface area contributed by atoms with Crippen LogP contribution in [0.5, 0.6) is 11.5 Å². The van der Waals surface area contributed by atoms with Gasteiger partial charge in [0.2, 0.25) is 10.0 Å². The van der Waals surface area contributed by atoms with Crippen molar-refractivity contribution in [2.45, 2.75) is 70.8 Å². The fourth-order valence-electron chi connectivity index (χ4n) is 5.55. The van der Waals surface area contributed by atoms with Crippen LogP contribution in [0.3, 0.4) is 0 Å². The predicted molar refractivity (Wildman–Crippen MR) is 176 cm³/mol. The molecule has 1 aliphatic rings. The third-order valence-electron chi connectivity index (χ3n) is 8.28. The van der Waals surface area contributed by atoms with Gasteiger partial charge < -0.3 is 24.6 Å². The van der Waals surface area contributed by atoms with Crippen LogP contribution in [0.25, 0.3) is 0 Å². The average molecular weight is 640 g/mol. The first-order chi connectivity index (χ1) is 21.3. The van der Waals surface area contributed by atoms with Crippen LogP contribution >= 0.6 is 0 Å². The summed E-state index contributed by atoms with van der Waals surface area (Å²) < 4.78 is 44.3. The van der Waals surface area contributed by atoms with Crippen LogP contribution in [0.4, 0.5) is 16.2 Å². The maximum Gasteiger partial charge on any atom is 0.415 e. The SMILES string of the molecule is CCC1(CC)OC(=O)N(CCC(C)(C)NCC(O)c2ccc(OCc3ccccc3)c(NS(C)(=O)=O)c2)c2c(OC)cccc21. The first-order valence-electron chi connectivity index (χ1n) is 15.2. The van der Waals surface area contributed by atoms with E-state index in [9.17, 15) is 18.3 Å². The summed E-state index contributed by atoms with van der Waals surface area (Å²) >= 11 is 0. The Morgan fingerprint density at radius 2 is 1.73 bits per heavy atom. The van der Waals surface area contributed by atoms with E-state index in [0.717, 1.165) is 23.1 Å². The first-order valence-corrected chi connectivity index (χ1v) is 17.1. The highest BCUT2D eigenvalue weighted by Crippen LogP contribution is 2.47. The van der Waals surface area contributed by atoms with Crippen LogP contribution < -0.4 is 24.4 Å². The van der Waals surface area contributed by atoms with Gasteiger partial charge in [-0.2, -0.15) is 0 Å². The minimum Gasteiger partial charge on any atom is -0.495 e. The van der Waals surface area contributed by atoms with E-state index in [0.29, 0.717) is 42.9 Å². The average Bonchev–Trinajstić information content (AvgIpc) is 3.01. The number of sulfonamides is 1. The highest BCUT2D eigenvalue weighted by atomic mass is 32.2. The molecule has 1 amide bonds. The van der Waals surface area contributed by atoms with Gasteiger partial charge in [0.1, 0.15) is 23.7 Å². The van der Waals surface area contributed by atoms with Crippen LogP contribution in [0.1, 0.15) is 69.8 Å². The number of methoxy groups -OCH3 is 1. The van der Waals surface area contributed by atoms with Gasteiger partial charge in [-0.1, -0.05) is 62.4 Å². The van der Waals surface area contributed by atoms with Crippen molar-refractivity contribution in [1.82, 2.24) is 5.32 Å². The molecule has 10 nitrogen and oxygen atoms in total. The maximum atomic E-state index is 13.3. The van der Waals surface area contributed by atoms with Crippen molar-refractivity contribution in [1.29, 1.82) is 0 Å². The zero-order valence-corrected chi connectivity index (χ0v) is 27.7. The number of carbonyl (C=O) groups is 1. The zero-order chi connectivity index (χ0) is 32.8. The lowest BCUT2D eigenvalue weighted by molar-refractivity contribution is -0.00165. The molecule has 1 unspecified atom stereocenters. The number of fused-ring (bicyclic) bond motifs is 1. The number of β-amino-alcohol motifs (C(OH)–C–C–N with tert-alkyl or cyclic N) is 1. The van der Waals surface area contributed by atoms with Crippen LogP contribution in [0, 0.1) is 0 Å². The number of rotatable bonds is 15. The van der Waals surface area contributed by atoms with Crippen molar-refractivity contribution in [3.63, 3.8) is 0 Å². The molecule has 3 N–H and O–H groups in total. The van der Waals surface area contributed by atoms with Crippen molar-refractivity contribution < 1.29 is 32.5 Å². The van der Waals surface area contributed by atoms with Crippen molar-refractivity contribution >= 4 is 27.5 Å². The lowest BCUT2D eigenvalue weighted by Gasteiger charge is -2.43. The second-order valence-electron chi connectivity index (χ2n) is 12.0. The number of hydrogen-bond donors (Lipinski definition) is 3. The summed E-state index contributed by atoms with van der Waals surface area (Å²) in [6.07, 6.45) is 1.56. The summed E-state index contributed by atoms with van der Waals surface area (Å²) in [6.45, 7) is 8.83. The topological polar surface area (TPSA) is 126 Å². The number of aliphatic hydroxyl groups excluding tert-OH is 1. The molecule has 0 fully saturated rings. The summed E-state index contributed by atoms with van der Waals surface area (Å²) in [4.78, 5) is 15.0. The fraction of sp³-hybridized carbons (Fsp3) is 0.441. The van der Waals surface area contributed by atoms with Gasteiger partial charge in [-0.3, -0.25) is 9.62 Å². The lowest BCUT2D eigenvalue weighted by atomic mass is 9.85. The normalized spacial score (nSPS) is 15.2. The quantitative estimate of drug-likeness (QED) is 0.182. The molecule has 3 aromatic carbocycles. The number of nitrogens with zero attached hydrogens (tertiary/aromatic N) is 1. The largest absolute Gasteiger partial charge is 0.495 e. The monoisotopic (exact) mass is 639 g/mol. The van der Waals surface area contributed by atoms with E-state index < -0.39 is 33.4 Å². The minimum atomic E-state index is -3.60. The van der Waals surface area contributed by atoms with E-state index >= 15 is 0 Å². The van der Waals surface area contributed by atoms with E-state index in [1.807, 2.05) is 76.2 Å². The fourth-order valence-corrected chi connectivity index (χ4v) is 6.10. The van der Waals surface area contributed by atoms with Crippen LogP contribution in [-0.4, -0.2) is 51.6 Å². The van der Waals surface area contributed by atoms with Crippen LogP contribution in [0.15, 0.2) is 66.7 Å². The molecule has 1 aliphatic heterocycles. The number of carbonyl (C=O) groups excluding carboxylic acids is 1. The number of amides is 1. The molecule has 0 bridgehead atoms. The second kappa shape index (κ2) is 14.1. The van der Waals surface area contributed by atoms with Crippen LogP contribution in [0.2, 0.25) is 0 Å². The highest BCUT2D eigenvalue weighted by Gasteiger charge is 2.44. The number of aliphatic hydroxyl groups is 1.